The normalized spacial score (nSPS) is 11.5. The van der Waals surface area contributed by atoms with Gasteiger partial charge >= 0.3 is 0 Å². The van der Waals surface area contributed by atoms with E-state index in [9.17, 15) is 13.2 Å². The van der Waals surface area contributed by atoms with E-state index >= 15 is 0 Å². The van der Waals surface area contributed by atoms with Crippen LogP contribution in [0.5, 0.6) is 11.5 Å². The molecule has 1 heterocycles. The molecule has 3 aromatic carbocycles. The van der Waals surface area contributed by atoms with Crippen LogP contribution in [-0.2, 0) is 14.8 Å². The van der Waals surface area contributed by atoms with Crippen LogP contribution in [0.4, 0.5) is 5.69 Å². The van der Waals surface area contributed by atoms with Crippen LogP contribution >= 0.6 is 0 Å². The van der Waals surface area contributed by atoms with Crippen LogP contribution in [0.1, 0.15) is 28.1 Å². The molecule has 0 unspecified atom stereocenters. The Bertz CT molecular complexity index is 1700. The first-order chi connectivity index (χ1) is 19.6. The molecule has 9 nitrogen and oxygen atoms in total. The van der Waals surface area contributed by atoms with Gasteiger partial charge in [0.25, 0.3) is 15.9 Å². The summed E-state index contributed by atoms with van der Waals surface area (Å²) in [5.74, 6) is 0.0935. The molecule has 4 rings (SSSR count). The predicted molar refractivity (Wildman–Crippen MR) is 161 cm³/mol. The average molecular weight is 575 g/mol. The number of aromatic nitrogens is 1. The lowest BCUT2D eigenvalue weighted by Gasteiger charge is -2.25. The van der Waals surface area contributed by atoms with Crippen LogP contribution in [0.15, 0.2) is 82.8 Å². The van der Waals surface area contributed by atoms with E-state index in [1.807, 2.05) is 19.9 Å². The molecule has 0 saturated carbocycles. The summed E-state index contributed by atoms with van der Waals surface area (Å²) in [6.45, 7) is 7.60. The number of ether oxygens (including phenoxy) is 2. The summed E-state index contributed by atoms with van der Waals surface area (Å²) in [6.07, 6.45) is 1.56. The van der Waals surface area contributed by atoms with Crippen LogP contribution in [0.2, 0.25) is 0 Å². The monoisotopic (exact) mass is 574 g/mol. The number of hydrazone groups is 1. The molecule has 1 amide bonds. The van der Waals surface area contributed by atoms with Crippen LogP contribution in [0.3, 0.4) is 0 Å². The zero-order valence-corrected chi connectivity index (χ0v) is 24.8. The Balaban J connectivity index is 1.60. The fourth-order valence-electron chi connectivity index (χ4n) is 4.70. The Morgan fingerprint density at radius 2 is 1.68 bits per heavy atom. The van der Waals surface area contributed by atoms with E-state index < -0.39 is 22.5 Å². The molecule has 4 aromatic rings. The lowest BCUT2D eigenvalue weighted by molar-refractivity contribution is -0.119. The number of sulfonamides is 1. The van der Waals surface area contributed by atoms with Crippen molar-refractivity contribution in [3.8, 4) is 17.2 Å². The van der Waals surface area contributed by atoms with Gasteiger partial charge in [-0.15, -0.1) is 0 Å². The van der Waals surface area contributed by atoms with Gasteiger partial charge in [-0.05, 0) is 69.7 Å². The molecule has 0 aliphatic carbocycles. The molecule has 10 heteroatoms. The molecule has 0 aliphatic rings. The molecule has 214 valence electrons. The van der Waals surface area contributed by atoms with Gasteiger partial charge in [0.15, 0.2) is 0 Å². The Kier molecular flexibility index (Phi) is 8.83. The number of methoxy groups -OCH3 is 2. The molecule has 0 radical (unpaired) electrons. The van der Waals surface area contributed by atoms with Gasteiger partial charge in [-0.3, -0.25) is 9.10 Å². The number of rotatable bonds is 10. The van der Waals surface area contributed by atoms with Gasteiger partial charge in [0, 0.05) is 28.7 Å². The minimum absolute atomic E-state index is 0.0352. The third kappa shape index (κ3) is 6.28. The van der Waals surface area contributed by atoms with Crippen LogP contribution in [-0.4, -0.2) is 45.9 Å². The van der Waals surface area contributed by atoms with Gasteiger partial charge in [0.05, 0.1) is 31.0 Å². The molecular weight excluding hydrogens is 540 g/mol. The van der Waals surface area contributed by atoms with Crippen LogP contribution in [0.25, 0.3) is 5.69 Å². The highest BCUT2D eigenvalue weighted by Crippen LogP contribution is 2.35. The first-order valence-corrected chi connectivity index (χ1v) is 14.4. The Hall–Kier alpha value is -4.57. The van der Waals surface area contributed by atoms with Crippen molar-refractivity contribution in [2.24, 2.45) is 5.10 Å². The summed E-state index contributed by atoms with van der Waals surface area (Å²) in [7, 11) is -1.21. The number of benzene rings is 3. The molecular formula is C31H34N4O5S. The van der Waals surface area contributed by atoms with Gasteiger partial charge in [-0.25, -0.2) is 13.8 Å². The van der Waals surface area contributed by atoms with Gasteiger partial charge in [-0.2, -0.15) is 5.10 Å². The number of carbonyl (C=O) groups is 1. The summed E-state index contributed by atoms with van der Waals surface area (Å²) in [6, 6.07) is 20.9. The number of hydrogen-bond donors (Lipinski definition) is 1. The highest BCUT2D eigenvalue weighted by molar-refractivity contribution is 7.92. The van der Waals surface area contributed by atoms with E-state index in [-0.39, 0.29) is 16.3 Å². The quantitative estimate of drug-likeness (QED) is 0.210. The number of aryl methyl sites for hydroxylation is 3. The number of nitrogens with one attached hydrogen (secondary N) is 1. The standard InChI is InChI=1S/C31H34N4O5S/c1-21-12-14-28(22(2)16-21)35-23(3)17-25(24(35)4)19-32-33-31(36)20-34(41(37,38)27-10-8-7-9-11-27)29-15-13-26(39-5)18-30(29)40-6/h7-19H,20H2,1-6H3,(H,33,36)/b32-19-. The number of hydrogen-bond acceptors (Lipinski definition) is 6. The SMILES string of the molecule is COc1ccc(N(CC(=O)N/N=C\c2cc(C)n(-c3ccc(C)cc3C)c2C)S(=O)(=O)c2ccccc2)c(OC)c1. The Morgan fingerprint density at radius 3 is 2.34 bits per heavy atom. The van der Waals surface area contributed by atoms with Crippen molar-refractivity contribution >= 4 is 27.8 Å². The van der Waals surface area contributed by atoms with Crippen molar-refractivity contribution in [2.45, 2.75) is 32.6 Å². The van der Waals surface area contributed by atoms with E-state index in [0.29, 0.717) is 5.75 Å². The first-order valence-electron chi connectivity index (χ1n) is 12.9. The second kappa shape index (κ2) is 12.3. The van der Waals surface area contributed by atoms with Crippen LogP contribution < -0.4 is 19.2 Å². The van der Waals surface area contributed by atoms with Crippen LogP contribution in [0, 0.1) is 27.7 Å². The number of amides is 1. The van der Waals surface area contributed by atoms with E-state index in [2.05, 4.69) is 47.1 Å². The number of carbonyl (C=O) groups excluding carboxylic acids is 1. The molecule has 1 N–H and O–H groups in total. The summed E-state index contributed by atoms with van der Waals surface area (Å²) < 4.78 is 41.2. The van der Waals surface area contributed by atoms with Crippen molar-refractivity contribution in [1.29, 1.82) is 0 Å². The molecule has 0 atom stereocenters. The average Bonchev–Trinajstić information content (AvgIpc) is 3.24. The van der Waals surface area contributed by atoms with Gasteiger partial charge in [0.1, 0.15) is 18.0 Å². The smallest absolute Gasteiger partial charge is 0.264 e. The van der Waals surface area contributed by atoms with E-state index in [1.165, 1.54) is 38.0 Å². The molecule has 0 saturated heterocycles. The molecule has 0 bridgehead atoms. The topological polar surface area (TPSA) is 102 Å². The summed E-state index contributed by atoms with van der Waals surface area (Å²) >= 11 is 0. The molecule has 0 fully saturated rings. The zero-order chi connectivity index (χ0) is 29.7. The molecule has 0 spiro atoms. The lowest BCUT2D eigenvalue weighted by Crippen LogP contribution is -2.39. The summed E-state index contributed by atoms with van der Waals surface area (Å²) in [5, 5.41) is 4.15. The zero-order valence-electron chi connectivity index (χ0n) is 24.0. The third-order valence-electron chi connectivity index (χ3n) is 6.73. The Morgan fingerprint density at radius 1 is 0.951 bits per heavy atom. The minimum atomic E-state index is -4.13. The predicted octanol–water partition coefficient (Wildman–Crippen LogP) is 5.07. The van der Waals surface area contributed by atoms with E-state index in [4.69, 9.17) is 9.47 Å². The second-order valence-electron chi connectivity index (χ2n) is 9.61. The third-order valence-corrected chi connectivity index (χ3v) is 8.50. The minimum Gasteiger partial charge on any atom is -0.497 e. The highest BCUT2D eigenvalue weighted by atomic mass is 32.2. The van der Waals surface area contributed by atoms with Crippen molar-refractivity contribution in [3.63, 3.8) is 0 Å². The maximum atomic E-state index is 13.7. The van der Waals surface area contributed by atoms with Gasteiger partial charge < -0.3 is 14.0 Å². The second-order valence-corrected chi connectivity index (χ2v) is 11.5. The Labute approximate surface area is 241 Å². The number of anilines is 1. The fraction of sp³-hybridized carbons (Fsp3) is 0.226. The van der Waals surface area contributed by atoms with Crippen molar-refractivity contribution in [2.75, 3.05) is 25.1 Å². The fourth-order valence-corrected chi connectivity index (χ4v) is 6.15. The van der Waals surface area contributed by atoms with E-state index in [1.54, 1.807) is 36.5 Å². The molecule has 41 heavy (non-hydrogen) atoms. The first kappa shape index (κ1) is 29.4. The van der Waals surface area contributed by atoms with Crippen molar-refractivity contribution in [3.05, 3.63) is 101 Å². The maximum Gasteiger partial charge on any atom is 0.264 e. The summed E-state index contributed by atoms with van der Waals surface area (Å²) in [4.78, 5) is 13.1. The highest BCUT2D eigenvalue weighted by Gasteiger charge is 2.29. The van der Waals surface area contributed by atoms with Gasteiger partial charge in [-0.1, -0.05) is 35.9 Å². The van der Waals surface area contributed by atoms with Crippen molar-refractivity contribution in [1.82, 2.24) is 9.99 Å². The largest absolute Gasteiger partial charge is 0.497 e. The number of nitrogens with zero attached hydrogens (tertiary/aromatic N) is 3. The van der Waals surface area contributed by atoms with Gasteiger partial charge in [0.2, 0.25) is 0 Å². The molecule has 0 aliphatic heterocycles. The molecule has 1 aromatic heterocycles. The summed E-state index contributed by atoms with van der Waals surface area (Å²) in [5.41, 5.74) is 8.89. The maximum absolute atomic E-state index is 13.7. The lowest BCUT2D eigenvalue weighted by atomic mass is 10.1. The van der Waals surface area contributed by atoms with E-state index in [0.717, 1.165) is 32.5 Å². The van der Waals surface area contributed by atoms with Crippen molar-refractivity contribution < 1.29 is 22.7 Å².